The van der Waals surface area contributed by atoms with E-state index in [4.69, 9.17) is 0 Å². The molecule has 0 aromatic heterocycles. The Balaban J connectivity index is 1.31. The van der Waals surface area contributed by atoms with E-state index in [-0.39, 0.29) is 16.8 Å². The van der Waals surface area contributed by atoms with Crippen molar-refractivity contribution in [1.29, 1.82) is 0 Å². The number of rotatable bonds is 5. The van der Waals surface area contributed by atoms with Gasteiger partial charge in [0.25, 0.3) is 5.91 Å². The van der Waals surface area contributed by atoms with Crippen LogP contribution in [0.4, 0.5) is 0 Å². The van der Waals surface area contributed by atoms with Crippen LogP contribution in [-0.4, -0.2) is 31.2 Å². The third-order valence-corrected chi connectivity index (χ3v) is 9.46. The van der Waals surface area contributed by atoms with Gasteiger partial charge >= 0.3 is 0 Å². The van der Waals surface area contributed by atoms with Crippen molar-refractivity contribution in [3.8, 4) is 0 Å². The molecule has 2 fully saturated rings. The highest BCUT2D eigenvalue weighted by Crippen LogP contribution is 2.49. The summed E-state index contributed by atoms with van der Waals surface area (Å²) in [5, 5.41) is 3.15. The normalized spacial score (nSPS) is 26.4. The van der Waals surface area contributed by atoms with Gasteiger partial charge in [-0.05, 0) is 79.7 Å². The van der Waals surface area contributed by atoms with Crippen LogP contribution in [0, 0.1) is 17.8 Å². The molecule has 0 saturated heterocycles. The van der Waals surface area contributed by atoms with Gasteiger partial charge in [0.1, 0.15) is 0 Å². The average molecular weight is 439 g/mol. The largest absolute Gasteiger partial charge is 0.349 e. The summed E-state index contributed by atoms with van der Waals surface area (Å²) >= 11 is 0. The Morgan fingerprint density at radius 3 is 2.61 bits per heavy atom. The standard InChI is InChI=1S/C25H30N2O3S/c1-17(24-14-18-9-10-20(24)13-18)26-25(28)21-7-4-8-23(15-21)31(29,30)27-12-11-19-5-2-3-6-22(19)16-27/h2-8,15,17-18,20,24H,9-14,16H2,1H3,(H,26,28)/t17-,18+,20+,24+/m1/s1. The van der Waals surface area contributed by atoms with E-state index in [9.17, 15) is 13.2 Å². The number of nitrogens with zero attached hydrogens (tertiary/aromatic N) is 1. The number of carbonyl (C=O) groups is 1. The van der Waals surface area contributed by atoms with E-state index in [1.165, 1.54) is 41.6 Å². The number of hydrogen-bond acceptors (Lipinski definition) is 3. The van der Waals surface area contributed by atoms with Crippen molar-refractivity contribution in [2.24, 2.45) is 17.8 Å². The fourth-order valence-electron chi connectivity index (χ4n) is 5.93. The number of carbonyl (C=O) groups excluding carboxylic acids is 1. The maximum absolute atomic E-state index is 13.3. The average Bonchev–Trinajstić information content (AvgIpc) is 3.43. The van der Waals surface area contributed by atoms with Gasteiger partial charge in [-0.25, -0.2) is 8.42 Å². The zero-order valence-electron chi connectivity index (χ0n) is 18.0. The molecule has 2 aliphatic carbocycles. The van der Waals surface area contributed by atoms with Crippen molar-refractivity contribution in [2.45, 2.75) is 56.5 Å². The van der Waals surface area contributed by atoms with E-state index < -0.39 is 10.0 Å². The Hall–Kier alpha value is -2.18. The quantitative estimate of drug-likeness (QED) is 0.768. The lowest BCUT2D eigenvalue weighted by Crippen LogP contribution is -2.40. The van der Waals surface area contributed by atoms with E-state index in [0.717, 1.165) is 17.4 Å². The van der Waals surface area contributed by atoms with Gasteiger partial charge < -0.3 is 5.32 Å². The van der Waals surface area contributed by atoms with Crippen LogP contribution in [0.5, 0.6) is 0 Å². The Bertz CT molecular complexity index is 1100. The van der Waals surface area contributed by atoms with Gasteiger partial charge in [0.2, 0.25) is 10.0 Å². The topological polar surface area (TPSA) is 66.5 Å². The molecule has 1 heterocycles. The van der Waals surface area contributed by atoms with Crippen LogP contribution in [0.15, 0.2) is 53.4 Å². The molecule has 2 bridgehead atoms. The van der Waals surface area contributed by atoms with Gasteiger partial charge in [0, 0.05) is 24.7 Å². The summed E-state index contributed by atoms with van der Waals surface area (Å²) in [5.41, 5.74) is 2.66. The third kappa shape index (κ3) is 3.92. The van der Waals surface area contributed by atoms with E-state index in [1.54, 1.807) is 18.2 Å². The van der Waals surface area contributed by atoms with E-state index in [1.807, 2.05) is 18.2 Å². The van der Waals surface area contributed by atoms with Crippen LogP contribution in [0.25, 0.3) is 0 Å². The Morgan fingerprint density at radius 1 is 1.06 bits per heavy atom. The van der Waals surface area contributed by atoms with Gasteiger partial charge in [-0.15, -0.1) is 0 Å². The van der Waals surface area contributed by atoms with Gasteiger partial charge in [-0.1, -0.05) is 36.8 Å². The number of sulfonamides is 1. The first-order valence-electron chi connectivity index (χ1n) is 11.4. The second-order valence-electron chi connectivity index (χ2n) is 9.49. The molecule has 4 atom stereocenters. The fourth-order valence-corrected chi connectivity index (χ4v) is 7.39. The van der Waals surface area contributed by atoms with Gasteiger partial charge in [0.05, 0.1) is 4.90 Å². The first-order valence-corrected chi connectivity index (χ1v) is 12.8. The number of amides is 1. The lowest BCUT2D eigenvalue weighted by Gasteiger charge is -2.29. The lowest BCUT2D eigenvalue weighted by molar-refractivity contribution is 0.0915. The number of fused-ring (bicyclic) bond motifs is 3. The van der Waals surface area contributed by atoms with Crippen molar-refractivity contribution >= 4 is 15.9 Å². The van der Waals surface area contributed by atoms with Gasteiger partial charge in [0.15, 0.2) is 0 Å². The Morgan fingerprint density at radius 2 is 1.87 bits per heavy atom. The van der Waals surface area contributed by atoms with Crippen LogP contribution in [0.3, 0.4) is 0 Å². The van der Waals surface area contributed by atoms with Crippen LogP contribution in [-0.2, 0) is 23.0 Å². The van der Waals surface area contributed by atoms with Crippen molar-refractivity contribution < 1.29 is 13.2 Å². The molecule has 1 N–H and O–H groups in total. The van der Waals surface area contributed by atoms with E-state index in [2.05, 4.69) is 18.3 Å². The Labute approximate surface area is 184 Å². The van der Waals surface area contributed by atoms with Crippen LogP contribution in [0.2, 0.25) is 0 Å². The summed E-state index contributed by atoms with van der Waals surface area (Å²) in [6.07, 6.45) is 5.83. The minimum atomic E-state index is -3.66. The summed E-state index contributed by atoms with van der Waals surface area (Å²) in [7, 11) is -3.66. The molecule has 6 heteroatoms. The lowest BCUT2D eigenvalue weighted by atomic mass is 9.84. The summed E-state index contributed by atoms with van der Waals surface area (Å²) in [6, 6.07) is 14.6. The number of nitrogens with one attached hydrogen (secondary N) is 1. The minimum Gasteiger partial charge on any atom is -0.349 e. The second-order valence-corrected chi connectivity index (χ2v) is 11.4. The Kier molecular flexibility index (Phi) is 5.39. The predicted molar refractivity (Wildman–Crippen MR) is 120 cm³/mol. The summed E-state index contributed by atoms with van der Waals surface area (Å²) in [4.78, 5) is 13.1. The van der Waals surface area contributed by atoms with Crippen molar-refractivity contribution in [3.63, 3.8) is 0 Å². The van der Waals surface area contributed by atoms with Gasteiger partial charge in [-0.2, -0.15) is 4.31 Å². The molecule has 164 valence electrons. The summed E-state index contributed by atoms with van der Waals surface area (Å²) < 4.78 is 28.1. The van der Waals surface area contributed by atoms with Crippen LogP contribution in [0.1, 0.15) is 54.1 Å². The fraction of sp³-hybridized carbons (Fsp3) is 0.480. The molecule has 1 aliphatic heterocycles. The minimum absolute atomic E-state index is 0.113. The number of hydrogen-bond donors (Lipinski definition) is 1. The highest BCUT2D eigenvalue weighted by molar-refractivity contribution is 7.89. The van der Waals surface area contributed by atoms with Crippen molar-refractivity contribution in [1.82, 2.24) is 9.62 Å². The zero-order valence-corrected chi connectivity index (χ0v) is 18.8. The molecule has 2 saturated carbocycles. The molecule has 31 heavy (non-hydrogen) atoms. The highest BCUT2D eigenvalue weighted by Gasteiger charge is 2.42. The summed E-state index contributed by atoms with van der Waals surface area (Å²) in [5.74, 6) is 1.92. The monoisotopic (exact) mass is 438 g/mol. The molecule has 2 aromatic rings. The summed E-state index contributed by atoms with van der Waals surface area (Å²) in [6.45, 7) is 2.92. The van der Waals surface area contributed by atoms with Crippen molar-refractivity contribution in [2.75, 3.05) is 6.54 Å². The zero-order chi connectivity index (χ0) is 21.6. The van der Waals surface area contributed by atoms with Crippen LogP contribution >= 0.6 is 0 Å². The highest BCUT2D eigenvalue weighted by atomic mass is 32.2. The number of benzene rings is 2. The van der Waals surface area contributed by atoms with E-state index >= 15 is 0 Å². The molecule has 5 nitrogen and oxygen atoms in total. The smallest absolute Gasteiger partial charge is 0.251 e. The molecule has 0 unspecified atom stereocenters. The third-order valence-electron chi connectivity index (χ3n) is 7.62. The molecule has 3 aliphatic rings. The molecular formula is C25H30N2O3S. The first kappa shape index (κ1) is 20.7. The molecular weight excluding hydrogens is 408 g/mol. The maximum Gasteiger partial charge on any atom is 0.251 e. The predicted octanol–water partition coefficient (Wildman–Crippen LogP) is 3.99. The molecule has 5 rings (SSSR count). The maximum atomic E-state index is 13.3. The SMILES string of the molecule is C[C@@H](NC(=O)c1cccc(S(=O)(=O)N2CCc3ccccc3C2)c1)[C@@H]1C[C@H]2CC[C@H]1C2. The molecule has 2 aromatic carbocycles. The second kappa shape index (κ2) is 8.06. The van der Waals surface area contributed by atoms with E-state index in [0.29, 0.717) is 31.0 Å². The van der Waals surface area contributed by atoms with Gasteiger partial charge in [-0.3, -0.25) is 4.79 Å². The molecule has 1 amide bonds. The van der Waals surface area contributed by atoms with Crippen molar-refractivity contribution in [3.05, 3.63) is 65.2 Å². The molecule has 0 spiro atoms. The molecule has 0 radical (unpaired) electrons. The van der Waals surface area contributed by atoms with Crippen LogP contribution < -0.4 is 5.32 Å². The first-order chi connectivity index (χ1) is 14.9.